The van der Waals surface area contributed by atoms with Crippen LogP contribution in [0.1, 0.15) is 25.3 Å². The first-order chi connectivity index (χ1) is 7.68. The first kappa shape index (κ1) is 10.9. The van der Waals surface area contributed by atoms with Crippen molar-refractivity contribution in [1.29, 1.82) is 0 Å². The molecule has 1 aliphatic rings. The number of benzene rings is 1. The molecule has 0 aliphatic heterocycles. The van der Waals surface area contributed by atoms with Crippen LogP contribution in [0.3, 0.4) is 0 Å². The maximum absolute atomic E-state index is 11.3. The molecule has 2 rings (SSSR count). The van der Waals surface area contributed by atoms with Gasteiger partial charge >= 0.3 is 0 Å². The number of Topliss-reactive ketones (excluding diaryl/α,β-unsaturated/α-hetero) is 1. The summed E-state index contributed by atoms with van der Waals surface area (Å²) in [5, 5.41) is 0. The third-order valence-electron chi connectivity index (χ3n) is 3.08. The quantitative estimate of drug-likeness (QED) is 0.733. The molecule has 0 fully saturated rings. The summed E-state index contributed by atoms with van der Waals surface area (Å²) < 4.78 is 0. The number of rotatable bonds is 2. The van der Waals surface area contributed by atoms with Crippen molar-refractivity contribution in [2.24, 2.45) is 5.92 Å². The average molecular weight is 212 g/mol. The molecule has 0 N–H and O–H groups in total. The van der Waals surface area contributed by atoms with E-state index in [1.807, 2.05) is 12.1 Å². The first-order valence-corrected chi connectivity index (χ1v) is 5.64. The van der Waals surface area contributed by atoms with Crippen molar-refractivity contribution in [3.8, 4) is 0 Å². The number of hydrogen-bond donors (Lipinski definition) is 0. The van der Waals surface area contributed by atoms with Crippen molar-refractivity contribution < 1.29 is 4.79 Å². The molecule has 0 spiro atoms. The van der Waals surface area contributed by atoms with Gasteiger partial charge in [-0.1, -0.05) is 55.5 Å². The molecule has 0 amide bonds. The highest BCUT2D eigenvalue weighted by atomic mass is 16.1. The van der Waals surface area contributed by atoms with E-state index >= 15 is 0 Å². The summed E-state index contributed by atoms with van der Waals surface area (Å²) in [5.41, 5.74) is 2.14. The maximum atomic E-state index is 11.3. The van der Waals surface area contributed by atoms with E-state index in [0.29, 0.717) is 11.8 Å². The van der Waals surface area contributed by atoms with Gasteiger partial charge in [0.05, 0.1) is 0 Å². The Hall–Kier alpha value is -1.63. The van der Waals surface area contributed by atoms with Gasteiger partial charge in [0.25, 0.3) is 0 Å². The molecule has 1 aromatic rings. The number of carbonyl (C=O) groups is 1. The minimum Gasteiger partial charge on any atom is -0.295 e. The van der Waals surface area contributed by atoms with Gasteiger partial charge in [-0.3, -0.25) is 4.79 Å². The van der Waals surface area contributed by atoms with E-state index in [1.54, 1.807) is 6.92 Å². The molecule has 0 saturated carbocycles. The number of ketones is 1. The molecule has 1 nitrogen and oxygen atoms in total. The molecular weight excluding hydrogens is 196 g/mol. The summed E-state index contributed by atoms with van der Waals surface area (Å²) in [6.45, 7) is 3.77. The number of carbonyl (C=O) groups excluding carboxylic acids is 1. The Morgan fingerprint density at radius 1 is 1.19 bits per heavy atom. The molecule has 1 aromatic carbocycles. The average Bonchev–Trinajstić information content (AvgIpc) is 2.30. The highest BCUT2D eigenvalue weighted by Gasteiger charge is 2.19. The molecule has 0 bridgehead atoms. The predicted octanol–water partition coefficient (Wildman–Crippen LogP) is 3.49. The second-order valence-corrected chi connectivity index (χ2v) is 4.33. The van der Waals surface area contributed by atoms with E-state index in [2.05, 4.69) is 43.3 Å². The monoisotopic (exact) mass is 212 g/mol. The van der Waals surface area contributed by atoms with Crippen LogP contribution < -0.4 is 0 Å². The van der Waals surface area contributed by atoms with E-state index in [1.165, 1.54) is 5.56 Å². The third kappa shape index (κ3) is 2.13. The van der Waals surface area contributed by atoms with E-state index in [0.717, 1.165) is 5.57 Å². The van der Waals surface area contributed by atoms with Crippen molar-refractivity contribution in [1.82, 2.24) is 0 Å². The van der Waals surface area contributed by atoms with Crippen molar-refractivity contribution in [3.05, 3.63) is 59.7 Å². The van der Waals surface area contributed by atoms with Gasteiger partial charge in [-0.25, -0.2) is 0 Å². The van der Waals surface area contributed by atoms with Crippen LogP contribution in [0.4, 0.5) is 0 Å². The molecule has 1 heteroatoms. The van der Waals surface area contributed by atoms with Gasteiger partial charge in [0.15, 0.2) is 5.78 Å². The lowest BCUT2D eigenvalue weighted by molar-refractivity contribution is -0.113. The maximum Gasteiger partial charge on any atom is 0.159 e. The van der Waals surface area contributed by atoms with Gasteiger partial charge in [0.1, 0.15) is 0 Å². The molecular formula is C15H16O. The van der Waals surface area contributed by atoms with E-state index in [-0.39, 0.29) is 5.78 Å². The fourth-order valence-electron chi connectivity index (χ4n) is 2.15. The Balaban J connectivity index is 2.24. The van der Waals surface area contributed by atoms with Gasteiger partial charge in [-0.2, -0.15) is 0 Å². The second kappa shape index (κ2) is 4.48. The van der Waals surface area contributed by atoms with Gasteiger partial charge in [0, 0.05) is 11.5 Å². The number of hydrogen-bond acceptors (Lipinski definition) is 1. The lowest BCUT2D eigenvalue weighted by Gasteiger charge is -2.22. The van der Waals surface area contributed by atoms with Crippen LogP contribution in [0.5, 0.6) is 0 Å². The lowest BCUT2D eigenvalue weighted by atomic mass is 9.82. The minimum atomic E-state index is 0.148. The van der Waals surface area contributed by atoms with Crippen LogP contribution in [0.2, 0.25) is 0 Å². The highest BCUT2D eigenvalue weighted by molar-refractivity contribution is 5.96. The van der Waals surface area contributed by atoms with Crippen molar-refractivity contribution in [2.45, 2.75) is 19.8 Å². The Morgan fingerprint density at radius 3 is 2.44 bits per heavy atom. The fourth-order valence-corrected chi connectivity index (χ4v) is 2.15. The first-order valence-electron chi connectivity index (χ1n) is 5.64. The number of allylic oxidation sites excluding steroid dienone is 4. The normalized spacial score (nSPS) is 24.0. The molecule has 0 saturated heterocycles. The topological polar surface area (TPSA) is 17.1 Å². The minimum absolute atomic E-state index is 0.148. The predicted molar refractivity (Wildman–Crippen MR) is 66.3 cm³/mol. The zero-order chi connectivity index (χ0) is 11.5. The van der Waals surface area contributed by atoms with Crippen LogP contribution in [-0.2, 0) is 4.79 Å². The molecule has 16 heavy (non-hydrogen) atoms. The van der Waals surface area contributed by atoms with Crippen LogP contribution in [0.15, 0.2) is 54.1 Å². The SMILES string of the molecule is CC(=O)C1=CC(C)C(c2ccccc2)C=C1. The Morgan fingerprint density at radius 2 is 1.88 bits per heavy atom. The smallest absolute Gasteiger partial charge is 0.159 e. The zero-order valence-corrected chi connectivity index (χ0v) is 9.68. The molecule has 1 aliphatic carbocycles. The van der Waals surface area contributed by atoms with Crippen LogP contribution in [0.25, 0.3) is 0 Å². The summed E-state index contributed by atoms with van der Waals surface area (Å²) in [6.07, 6.45) is 6.15. The summed E-state index contributed by atoms with van der Waals surface area (Å²) in [5.74, 6) is 0.921. The summed E-state index contributed by atoms with van der Waals surface area (Å²) >= 11 is 0. The molecule has 0 radical (unpaired) electrons. The van der Waals surface area contributed by atoms with Gasteiger partial charge in [-0.05, 0) is 18.4 Å². The summed E-state index contributed by atoms with van der Waals surface area (Å²) in [4.78, 5) is 11.3. The van der Waals surface area contributed by atoms with Crippen LogP contribution >= 0.6 is 0 Å². The molecule has 2 unspecified atom stereocenters. The zero-order valence-electron chi connectivity index (χ0n) is 9.68. The standard InChI is InChI=1S/C15H16O/c1-11-10-14(12(2)16)8-9-15(11)13-6-4-3-5-7-13/h3-11,15H,1-2H3. The van der Waals surface area contributed by atoms with Crippen molar-refractivity contribution >= 4 is 5.78 Å². The lowest BCUT2D eigenvalue weighted by Crippen LogP contribution is -2.11. The Labute approximate surface area is 96.5 Å². The molecule has 0 heterocycles. The van der Waals surface area contributed by atoms with Crippen LogP contribution in [-0.4, -0.2) is 5.78 Å². The second-order valence-electron chi connectivity index (χ2n) is 4.33. The van der Waals surface area contributed by atoms with Crippen molar-refractivity contribution in [3.63, 3.8) is 0 Å². The van der Waals surface area contributed by atoms with E-state index in [4.69, 9.17) is 0 Å². The molecule has 2 atom stereocenters. The molecule has 0 aromatic heterocycles. The van der Waals surface area contributed by atoms with Crippen molar-refractivity contribution in [2.75, 3.05) is 0 Å². The van der Waals surface area contributed by atoms with Crippen LogP contribution in [0, 0.1) is 5.92 Å². The molecule has 82 valence electrons. The third-order valence-corrected chi connectivity index (χ3v) is 3.08. The van der Waals surface area contributed by atoms with Gasteiger partial charge in [0.2, 0.25) is 0 Å². The Bertz CT molecular complexity index is 440. The van der Waals surface area contributed by atoms with Gasteiger partial charge in [-0.15, -0.1) is 0 Å². The van der Waals surface area contributed by atoms with E-state index in [9.17, 15) is 4.79 Å². The largest absolute Gasteiger partial charge is 0.295 e. The van der Waals surface area contributed by atoms with Gasteiger partial charge < -0.3 is 0 Å². The summed E-state index contributed by atoms with van der Waals surface area (Å²) in [6, 6.07) is 10.4. The highest BCUT2D eigenvalue weighted by Crippen LogP contribution is 2.31. The fraction of sp³-hybridized carbons (Fsp3) is 0.267. The van der Waals surface area contributed by atoms with E-state index < -0.39 is 0 Å². The Kier molecular flexibility index (Phi) is 3.04. The summed E-state index contributed by atoms with van der Waals surface area (Å²) in [7, 11) is 0.